The van der Waals surface area contributed by atoms with Crippen LogP contribution >= 0.6 is 0 Å². The molecule has 0 spiro atoms. The summed E-state index contributed by atoms with van der Waals surface area (Å²) in [5, 5.41) is 10.2. The highest BCUT2D eigenvalue weighted by molar-refractivity contribution is 5.86. The highest BCUT2D eigenvalue weighted by Gasteiger charge is 2.09. The van der Waals surface area contributed by atoms with E-state index in [-0.39, 0.29) is 16.6 Å². The van der Waals surface area contributed by atoms with Gasteiger partial charge in [-0.3, -0.25) is 4.79 Å². The van der Waals surface area contributed by atoms with Gasteiger partial charge in [0.1, 0.15) is 11.5 Å². The van der Waals surface area contributed by atoms with E-state index < -0.39 is 0 Å². The first-order chi connectivity index (χ1) is 10.2. The quantitative estimate of drug-likeness (QED) is 0.776. The van der Waals surface area contributed by atoms with Gasteiger partial charge in [0, 0.05) is 30.3 Å². The summed E-state index contributed by atoms with van der Waals surface area (Å²) in [6, 6.07) is 14.6. The molecule has 0 unspecified atom stereocenters. The van der Waals surface area contributed by atoms with Gasteiger partial charge in [-0.1, -0.05) is 30.3 Å². The second-order valence-electron chi connectivity index (χ2n) is 4.89. The fraction of sp³-hybridized carbons (Fsp3) is 0.118. The van der Waals surface area contributed by atoms with E-state index in [9.17, 15) is 9.90 Å². The Hall–Kier alpha value is -2.75. The molecule has 0 fully saturated rings. The van der Waals surface area contributed by atoms with Gasteiger partial charge in [-0.2, -0.15) is 0 Å². The third-order valence-electron chi connectivity index (χ3n) is 3.41. The Morgan fingerprint density at radius 1 is 1.14 bits per heavy atom. The molecule has 4 heteroatoms. The lowest BCUT2D eigenvalue weighted by Gasteiger charge is -2.08. The Labute approximate surface area is 121 Å². The van der Waals surface area contributed by atoms with Gasteiger partial charge in [-0.25, -0.2) is 0 Å². The maximum atomic E-state index is 12.2. The molecular formula is C17H15NO3. The number of hydrogen-bond donors (Lipinski definition) is 2. The molecular weight excluding hydrogens is 266 g/mol. The topological polar surface area (TPSA) is 62.3 Å². The molecule has 3 rings (SSSR count). The zero-order valence-electron chi connectivity index (χ0n) is 11.6. The van der Waals surface area contributed by atoms with Crippen LogP contribution < -0.4 is 10.2 Å². The van der Waals surface area contributed by atoms with Crippen molar-refractivity contribution in [2.24, 2.45) is 0 Å². The molecule has 21 heavy (non-hydrogen) atoms. The van der Waals surface area contributed by atoms with Gasteiger partial charge >= 0.3 is 0 Å². The molecule has 1 aromatic heterocycles. The molecule has 0 atom stereocenters. The van der Waals surface area contributed by atoms with Crippen LogP contribution in [0.2, 0.25) is 0 Å². The Morgan fingerprint density at radius 2 is 1.90 bits per heavy atom. The number of aromatic amines is 1. The zero-order chi connectivity index (χ0) is 14.8. The van der Waals surface area contributed by atoms with E-state index in [0.29, 0.717) is 17.7 Å². The maximum absolute atomic E-state index is 12.2. The number of nitrogens with one attached hydrogen (secondary N) is 1. The first-order valence-corrected chi connectivity index (χ1v) is 6.64. The number of methoxy groups -OCH3 is 1. The fourth-order valence-corrected chi connectivity index (χ4v) is 2.43. The summed E-state index contributed by atoms with van der Waals surface area (Å²) in [7, 11) is 1.52. The zero-order valence-corrected chi connectivity index (χ0v) is 11.6. The van der Waals surface area contributed by atoms with Gasteiger partial charge in [-0.05, 0) is 5.56 Å². The number of benzene rings is 2. The summed E-state index contributed by atoms with van der Waals surface area (Å²) >= 11 is 0. The number of rotatable bonds is 3. The number of fused-ring (bicyclic) bond motifs is 1. The number of H-pyrrole nitrogens is 1. The van der Waals surface area contributed by atoms with Crippen molar-refractivity contribution in [3.63, 3.8) is 0 Å². The molecule has 0 radical (unpaired) electrons. The van der Waals surface area contributed by atoms with Gasteiger partial charge in [0.2, 0.25) is 0 Å². The minimum Gasteiger partial charge on any atom is -0.507 e. The Morgan fingerprint density at radius 3 is 2.62 bits per heavy atom. The van der Waals surface area contributed by atoms with Crippen molar-refractivity contribution in [3.05, 3.63) is 70.0 Å². The third-order valence-corrected chi connectivity index (χ3v) is 3.41. The molecule has 0 saturated carbocycles. The van der Waals surface area contributed by atoms with Crippen molar-refractivity contribution >= 4 is 10.9 Å². The van der Waals surface area contributed by atoms with Gasteiger partial charge in [0.05, 0.1) is 18.0 Å². The molecule has 0 saturated heterocycles. The van der Waals surface area contributed by atoms with Crippen LogP contribution in [-0.4, -0.2) is 17.2 Å². The molecule has 0 amide bonds. The maximum Gasteiger partial charge on any atom is 0.193 e. The summed E-state index contributed by atoms with van der Waals surface area (Å²) in [5.74, 6) is 0.435. The monoisotopic (exact) mass is 281 g/mol. The van der Waals surface area contributed by atoms with E-state index in [1.165, 1.54) is 19.2 Å². The van der Waals surface area contributed by atoms with E-state index in [2.05, 4.69) is 4.98 Å². The van der Waals surface area contributed by atoms with Crippen molar-refractivity contribution in [2.75, 3.05) is 7.11 Å². The van der Waals surface area contributed by atoms with Crippen LogP contribution in [0.1, 0.15) is 11.3 Å². The highest BCUT2D eigenvalue weighted by atomic mass is 16.5. The Balaban J connectivity index is 2.12. The van der Waals surface area contributed by atoms with E-state index >= 15 is 0 Å². The van der Waals surface area contributed by atoms with Crippen LogP contribution in [0.5, 0.6) is 11.5 Å². The number of aromatic nitrogens is 1. The lowest BCUT2D eigenvalue weighted by Crippen LogP contribution is -2.06. The van der Waals surface area contributed by atoms with Gasteiger partial charge in [-0.15, -0.1) is 0 Å². The van der Waals surface area contributed by atoms with Gasteiger partial charge in [0.25, 0.3) is 0 Å². The average Bonchev–Trinajstić information content (AvgIpc) is 2.47. The largest absolute Gasteiger partial charge is 0.507 e. The number of phenolic OH excluding ortho intramolecular Hbond substituents is 1. The van der Waals surface area contributed by atoms with Crippen molar-refractivity contribution in [1.82, 2.24) is 4.98 Å². The standard InChI is InChI=1S/C17H15NO3/c1-21-13-9-14-17(16(20)10-13)15(19)8-12(18-14)7-11-5-3-2-4-6-11/h2-6,8-10,20H,7H2,1H3,(H,18,19). The second-order valence-corrected chi connectivity index (χ2v) is 4.89. The minimum absolute atomic E-state index is 0.0724. The molecule has 3 aromatic rings. The first-order valence-electron chi connectivity index (χ1n) is 6.64. The van der Waals surface area contributed by atoms with Crippen LogP contribution in [0.15, 0.2) is 53.3 Å². The SMILES string of the molecule is COc1cc(O)c2c(=O)cc(Cc3ccccc3)[nH]c2c1. The third kappa shape index (κ3) is 2.60. The Bertz CT molecular complexity index is 838. The highest BCUT2D eigenvalue weighted by Crippen LogP contribution is 2.27. The summed E-state index contributed by atoms with van der Waals surface area (Å²) in [6.45, 7) is 0. The van der Waals surface area contributed by atoms with Crippen LogP contribution in [0.25, 0.3) is 10.9 Å². The lowest BCUT2D eigenvalue weighted by molar-refractivity contribution is 0.409. The van der Waals surface area contributed by atoms with E-state index in [0.717, 1.165) is 11.3 Å². The minimum atomic E-state index is -0.199. The van der Waals surface area contributed by atoms with Gasteiger partial charge < -0.3 is 14.8 Å². The van der Waals surface area contributed by atoms with Crippen molar-refractivity contribution < 1.29 is 9.84 Å². The van der Waals surface area contributed by atoms with E-state index in [1.807, 2.05) is 30.3 Å². The lowest BCUT2D eigenvalue weighted by atomic mass is 10.1. The molecule has 1 heterocycles. The molecule has 106 valence electrons. The van der Waals surface area contributed by atoms with Crippen LogP contribution in [0.4, 0.5) is 0 Å². The predicted octanol–water partition coefficient (Wildman–Crippen LogP) is 2.83. The molecule has 0 aliphatic rings. The summed E-state index contributed by atoms with van der Waals surface area (Å²) < 4.78 is 5.12. The van der Waals surface area contributed by atoms with E-state index in [1.54, 1.807) is 6.07 Å². The van der Waals surface area contributed by atoms with Crippen molar-refractivity contribution in [1.29, 1.82) is 0 Å². The molecule has 0 bridgehead atoms. The predicted molar refractivity (Wildman–Crippen MR) is 82.0 cm³/mol. The fourth-order valence-electron chi connectivity index (χ4n) is 2.43. The molecule has 2 N–H and O–H groups in total. The van der Waals surface area contributed by atoms with Crippen molar-refractivity contribution in [3.8, 4) is 11.5 Å². The summed E-state index contributed by atoms with van der Waals surface area (Å²) in [6.07, 6.45) is 0.629. The number of phenols is 1. The number of aromatic hydroxyl groups is 1. The average molecular weight is 281 g/mol. The molecule has 4 nitrogen and oxygen atoms in total. The van der Waals surface area contributed by atoms with Crippen LogP contribution in [0, 0.1) is 0 Å². The van der Waals surface area contributed by atoms with Crippen LogP contribution in [0.3, 0.4) is 0 Å². The van der Waals surface area contributed by atoms with Crippen molar-refractivity contribution in [2.45, 2.75) is 6.42 Å². The molecule has 2 aromatic carbocycles. The normalized spacial score (nSPS) is 10.7. The Kier molecular flexibility index (Phi) is 3.36. The molecule has 0 aliphatic heterocycles. The van der Waals surface area contributed by atoms with E-state index in [4.69, 9.17) is 4.74 Å². The number of pyridine rings is 1. The molecule has 0 aliphatic carbocycles. The second kappa shape index (κ2) is 5.32. The van der Waals surface area contributed by atoms with Crippen LogP contribution in [-0.2, 0) is 6.42 Å². The summed E-state index contributed by atoms with van der Waals surface area (Å²) in [4.78, 5) is 15.4. The number of hydrogen-bond acceptors (Lipinski definition) is 3. The van der Waals surface area contributed by atoms with Gasteiger partial charge in [0.15, 0.2) is 5.43 Å². The summed E-state index contributed by atoms with van der Waals surface area (Å²) in [5.41, 5.74) is 2.28. The number of ether oxygens (including phenoxy) is 1. The smallest absolute Gasteiger partial charge is 0.193 e. The first kappa shape index (κ1) is 13.2.